The fourth-order valence-corrected chi connectivity index (χ4v) is 2.69. The van der Waals surface area contributed by atoms with Crippen LogP contribution in [0.3, 0.4) is 0 Å². The minimum Gasteiger partial charge on any atom is -0.480 e. The van der Waals surface area contributed by atoms with Crippen LogP contribution in [0.25, 0.3) is 16.6 Å². The molecule has 116 valence electrons. The van der Waals surface area contributed by atoms with E-state index in [9.17, 15) is 14.4 Å². The molecule has 3 aromatic rings. The van der Waals surface area contributed by atoms with Gasteiger partial charge in [0.2, 0.25) is 0 Å². The average molecular weight is 375 g/mol. The highest BCUT2D eigenvalue weighted by Crippen LogP contribution is 2.13. The lowest BCUT2D eigenvalue weighted by molar-refractivity contribution is -0.137. The highest BCUT2D eigenvalue weighted by molar-refractivity contribution is 9.10. The molecule has 7 heteroatoms. The van der Waals surface area contributed by atoms with Gasteiger partial charge in [0.25, 0.3) is 5.56 Å². The smallest absolute Gasteiger partial charge is 0.336 e. The van der Waals surface area contributed by atoms with Gasteiger partial charge in [-0.25, -0.2) is 9.36 Å². The predicted octanol–water partition coefficient (Wildman–Crippen LogP) is 2.00. The van der Waals surface area contributed by atoms with E-state index >= 15 is 0 Å². The number of fused-ring (bicyclic) bond motifs is 1. The Morgan fingerprint density at radius 1 is 1.04 bits per heavy atom. The Hall–Kier alpha value is -2.67. The number of nitrogens with zero attached hydrogens (tertiary/aromatic N) is 2. The molecular weight excluding hydrogens is 364 g/mol. The Morgan fingerprint density at radius 2 is 1.70 bits per heavy atom. The van der Waals surface area contributed by atoms with E-state index in [0.29, 0.717) is 11.2 Å². The number of carboxylic acid groups (broad SMARTS) is 1. The van der Waals surface area contributed by atoms with Crippen LogP contribution in [0, 0.1) is 0 Å². The van der Waals surface area contributed by atoms with Crippen LogP contribution in [0.4, 0.5) is 0 Å². The highest BCUT2D eigenvalue weighted by atomic mass is 79.9. The van der Waals surface area contributed by atoms with Gasteiger partial charge in [-0.15, -0.1) is 0 Å². The third-order valence-electron chi connectivity index (χ3n) is 3.43. The molecule has 1 N–H and O–H groups in total. The number of aromatic nitrogens is 2. The van der Waals surface area contributed by atoms with Crippen molar-refractivity contribution in [2.45, 2.75) is 6.54 Å². The first-order valence-corrected chi connectivity index (χ1v) is 7.50. The van der Waals surface area contributed by atoms with Crippen molar-refractivity contribution >= 4 is 32.8 Å². The third kappa shape index (κ3) is 2.70. The monoisotopic (exact) mass is 374 g/mol. The average Bonchev–Trinajstić information content (AvgIpc) is 2.53. The van der Waals surface area contributed by atoms with E-state index in [1.165, 1.54) is 0 Å². The molecule has 1 heterocycles. The molecule has 0 aliphatic carbocycles. The van der Waals surface area contributed by atoms with Crippen LogP contribution in [0.1, 0.15) is 0 Å². The molecule has 0 amide bonds. The molecule has 0 unspecified atom stereocenters. The number of carbonyl (C=O) groups is 1. The Morgan fingerprint density at radius 3 is 2.35 bits per heavy atom. The van der Waals surface area contributed by atoms with Crippen molar-refractivity contribution in [3.05, 3.63) is 73.8 Å². The van der Waals surface area contributed by atoms with Crippen LogP contribution >= 0.6 is 15.9 Å². The van der Waals surface area contributed by atoms with Gasteiger partial charge in [-0.3, -0.25) is 14.2 Å². The number of hydrogen-bond donors (Lipinski definition) is 1. The first-order chi connectivity index (χ1) is 11.0. The molecule has 23 heavy (non-hydrogen) atoms. The summed E-state index contributed by atoms with van der Waals surface area (Å²) in [6.07, 6.45) is 0. The summed E-state index contributed by atoms with van der Waals surface area (Å²) in [6.45, 7) is -0.518. The van der Waals surface area contributed by atoms with E-state index in [-0.39, 0.29) is 5.39 Å². The zero-order chi connectivity index (χ0) is 16.6. The van der Waals surface area contributed by atoms with E-state index in [1.807, 2.05) is 0 Å². The summed E-state index contributed by atoms with van der Waals surface area (Å²) in [4.78, 5) is 36.4. The van der Waals surface area contributed by atoms with Crippen LogP contribution in [0.5, 0.6) is 0 Å². The molecule has 0 bridgehead atoms. The molecule has 6 nitrogen and oxygen atoms in total. The molecule has 0 atom stereocenters. The standard InChI is InChI=1S/C16H11BrN2O4/c17-10-5-7-11(8-6-10)19-15(22)12-3-1-2-4-13(12)18(16(19)23)9-14(20)21/h1-8H,9H2,(H,20,21). The zero-order valence-corrected chi connectivity index (χ0v) is 13.4. The van der Waals surface area contributed by atoms with Gasteiger partial charge in [0.1, 0.15) is 6.54 Å². The molecule has 0 saturated heterocycles. The van der Waals surface area contributed by atoms with E-state index in [0.717, 1.165) is 13.6 Å². The summed E-state index contributed by atoms with van der Waals surface area (Å²) in [5.74, 6) is -1.15. The van der Waals surface area contributed by atoms with Crippen molar-refractivity contribution in [3.8, 4) is 5.69 Å². The number of benzene rings is 2. The maximum absolute atomic E-state index is 12.7. The van der Waals surface area contributed by atoms with E-state index in [2.05, 4.69) is 15.9 Å². The number of rotatable bonds is 3. The topological polar surface area (TPSA) is 81.3 Å². The molecule has 3 rings (SSSR count). The minimum atomic E-state index is -1.15. The van der Waals surface area contributed by atoms with E-state index in [4.69, 9.17) is 5.11 Å². The molecule has 1 aromatic heterocycles. The van der Waals surface area contributed by atoms with E-state index in [1.54, 1.807) is 48.5 Å². The number of aliphatic carboxylic acids is 1. The molecule has 0 aliphatic rings. The van der Waals surface area contributed by atoms with Crippen LogP contribution in [0.15, 0.2) is 62.6 Å². The second-order valence-electron chi connectivity index (χ2n) is 4.90. The van der Waals surface area contributed by atoms with Crippen molar-refractivity contribution in [2.24, 2.45) is 0 Å². The van der Waals surface area contributed by atoms with Gasteiger partial charge in [0, 0.05) is 4.47 Å². The summed E-state index contributed by atoms with van der Waals surface area (Å²) in [6, 6.07) is 13.1. The first-order valence-electron chi connectivity index (χ1n) is 6.71. The number of halogens is 1. The molecule has 0 aliphatic heterocycles. The predicted molar refractivity (Wildman–Crippen MR) is 89.1 cm³/mol. The summed E-state index contributed by atoms with van der Waals surface area (Å²) in [5, 5.41) is 9.35. The first kappa shape index (κ1) is 15.2. The summed E-state index contributed by atoms with van der Waals surface area (Å²) >= 11 is 3.29. The van der Waals surface area contributed by atoms with Crippen LogP contribution in [0.2, 0.25) is 0 Å². The lowest BCUT2D eigenvalue weighted by atomic mass is 10.2. The van der Waals surface area contributed by atoms with Gasteiger partial charge in [-0.05, 0) is 36.4 Å². The Balaban J connectivity index is 2.43. The quantitative estimate of drug-likeness (QED) is 0.759. The third-order valence-corrected chi connectivity index (χ3v) is 3.96. The molecule has 2 aromatic carbocycles. The van der Waals surface area contributed by atoms with Gasteiger partial charge < -0.3 is 5.11 Å². The maximum atomic E-state index is 12.7. The van der Waals surface area contributed by atoms with Crippen molar-refractivity contribution in [1.82, 2.24) is 9.13 Å². The summed E-state index contributed by atoms with van der Waals surface area (Å²) in [7, 11) is 0. The fraction of sp³-hybridized carbons (Fsp3) is 0.0625. The number of hydrogen-bond acceptors (Lipinski definition) is 3. The Bertz CT molecular complexity index is 1020. The zero-order valence-electron chi connectivity index (χ0n) is 11.8. The molecule has 0 radical (unpaired) electrons. The SMILES string of the molecule is O=C(O)Cn1c(=O)n(-c2ccc(Br)cc2)c(=O)c2ccccc21. The number of para-hydroxylation sites is 1. The van der Waals surface area contributed by atoms with E-state index < -0.39 is 23.8 Å². The molecular formula is C16H11BrN2O4. The van der Waals surface area contributed by atoms with Crippen molar-refractivity contribution in [3.63, 3.8) is 0 Å². The Kier molecular flexibility index (Phi) is 3.87. The van der Waals surface area contributed by atoms with Crippen molar-refractivity contribution in [2.75, 3.05) is 0 Å². The summed E-state index contributed by atoms with van der Waals surface area (Å²) < 4.78 is 2.87. The van der Waals surface area contributed by atoms with Crippen LogP contribution in [-0.2, 0) is 11.3 Å². The van der Waals surface area contributed by atoms with Crippen molar-refractivity contribution < 1.29 is 9.90 Å². The second kappa shape index (κ2) is 5.85. The van der Waals surface area contributed by atoms with Crippen LogP contribution < -0.4 is 11.2 Å². The largest absolute Gasteiger partial charge is 0.480 e. The van der Waals surface area contributed by atoms with Gasteiger partial charge in [0.05, 0.1) is 16.6 Å². The highest BCUT2D eigenvalue weighted by Gasteiger charge is 2.15. The van der Waals surface area contributed by atoms with Gasteiger partial charge in [-0.1, -0.05) is 28.1 Å². The van der Waals surface area contributed by atoms with Crippen LogP contribution in [-0.4, -0.2) is 20.2 Å². The van der Waals surface area contributed by atoms with Gasteiger partial charge in [0.15, 0.2) is 0 Å². The Labute approximate surface area is 138 Å². The van der Waals surface area contributed by atoms with Crippen molar-refractivity contribution in [1.29, 1.82) is 0 Å². The lowest BCUT2D eigenvalue weighted by Crippen LogP contribution is -2.40. The fourth-order valence-electron chi connectivity index (χ4n) is 2.43. The normalized spacial score (nSPS) is 10.8. The second-order valence-corrected chi connectivity index (χ2v) is 5.81. The molecule has 0 spiro atoms. The van der Waals surface area contributed by atoms with Gasteiger partial charge >= 0.3 is 11.7 Å². The molecule has 0 saturated carbocycles. The van der Waals surface area contributed by atoms with Gasteiger partial charge in [-0.2, -0.15) is 0 Å². The maximum Gasteiger partial charge on any atom is 0.336 e. The summed E-state index contributed by atoms with van der Waals surface area (Å²) in [5.41, 5.74) is -0.473. The minimum absolute atomic E-state index is 0.288. The lowest BCUT2D eigenvalue weighted by Gasteiger charge is -2.12. The molecule has 0 fully saturated rings. The number of carboxylic acids is 1.